The van der Waals surface area contributed by atoms with Gasteiger partial charge in [0.2, 0.25) is 10.0 Å². The second kappa shape index (κ2) is 9.41. The number of carbonyl (C=O) groups is 1. The Bertz CT molecular complexity index is 1510. The van der Waals surface area contributed by atoms with E-state index in [0.717, 1.165) is 27.6 Å². The molecule has 2 heterocycles. The second-order valence-electron chi connectivity index (χ2n) is 8.65. The molecule has 1 amide bonds. The highest BCUT2D eigenvalue weighted by Crippen LogP contribution is 2.25. The lowest BCUT2D eigenvalue weighted by Crippen LogP contribution is -2.50. The van der Waals surface area contributed by atoms with E-state index >= 15 is 0 Å². The topological polar surface area (TPSA) is 70.6 Å². The lowest BCUT2D eigenvalue weighted by Gasteiger charge is -2.34. The Morgan fingerprint density at radius 2 is 1.54 bits per heavy atom. The molecule has 35 heavy (non-hydrogen) atoms. The number of amides is 1. The van der Waals surface area contributed by atoms with Crippen LogP contribution in [0.3, 0.4) is 0 Å². The third-order valence-corrected chi connectivity index (χ3v) is 8.41. The zero-order valence-corrected chi connectivity index (χ0v) is 20.8. The molecule has 1 aliphatic rings. The van der Waals surface area contributed by atoms with Crippen LogP contribution in [0.15, 0.2) is 83.9 Å². The van der Waals surface area contributed by atoms with Crippen molar-refractivity contribution in [1.29, 1.82) is 0 Å². The van der Waals surface area contributed by atoms with E-state index < -0.39 is 10.0 Å². The number of pyridine rings is 1. The monoisotopic (exact) mass is 505 g/mol. The number of benzene rings is 3. The maximum absolute atomic E-state index is 13.2. The number of aryl methyl sites for hydroxylation is 1. The molecule has 0 spiro atoms. The summed E-state index contributed by atoms with van der Waals surface area (Å²) in [6.07, 6.45) is 1.77. The highest BCUT2D eigenvalue weighted by Gasteiger charge is 2.30. The minimum Gasteiger partial charge on any atom is -0.336 e. The molecular weight excluding hydrogens is 482 g/mol. The molecule has 6 nitrogen and oxygen atoms in total. The van der Waals surface area contributed by atoms with Crippen LogP contribution in [-0.4, -0.2) is 54.7 Å². The van der Waals surface area contributed by atoms with Gasteiger partial charge < -0.3 is 4.90 Å². The molecule has 1 saturated heterocycles. The summed E-state index contributed by atoms with van der Waals surface area (Å²) in [6.45, 7) is 3.18. The molecule has 0 aliphatic carbocycles. The number of piperazine rings is 1. The fourth-order valence-corrected chi connectivity index (χ4v) is 5.93. The van der Waals surface area contributed by atoms with Crippen molar-refractivity contribution in [1.82, 2.24) is 14.2 Å². The minimum absolute atomic E-state index is 0.103. The van der Waals surface area contributed by atoms with Crippen LogP contribution in [0.2, 0.25) is 5.02 Å². The molecular formula is C27H24ClN3O3S. The van der Waals surface area contributed by atoms with Crippen molar-refractivity contribution < 1.29 is 13.2 Å². The van der Waals surface area contributed by atoms with E-state index in [1.807, 2.05) is 43.3 Å². The summed E-state index contributed by atoms with van der Waals surface area (Å²) in [4.78, 5) is 19.4. The van der Waals surface area contributed by atoms with Gasteiger partial charge in [0.05, 0.1) is 10.6 Å². The molecule has 0 radical (unpaired) electrons. The number of hydrogen-bond acceptors (Lipinski definition) is 4. The van der Waals surface area contributed by atoms with Gasteiger partial charge in [0.1, 0.15) is 0 Å². The molecule has 0 unspecified atom stereocenters. The third-order valence-electron chi connectivity index (χ3n) is 6.28. The maximum Gasteiger partial charge on any atom is 0.253 e. The van der Waals surface area contributed by atoms with Crippen molar-refractivity contribution in [3.8, 4) is 11.3 Å². The molecule has 5 rings (SSSR count). The number of sulfonamides is 1. The maximum atomic E-state index is 13.2. The first kappa shape index (κ1) is 23.5. The van der Waals surface area contributed by atoms with E-state index in [2.05, 4.69) is 4.98 Å². The minimum atomic E-state index is -3.66. The van der Waals surface area contributed by atoms with Gasteiger partial charge in [-0.2, -0.15) is 4.31 Å². The van der Waals surface area contributed by atoms with Gasteiger partial charge in [0, 0.05) is 48.5 Å². The van der Waals surface area contributed by atoms with E-state index in [9.17, 15) is 13.2 Å². The number of nitrogens with zero attached hydrogens (tertiary/aromatic N) is 3. The second-order valence-corrected chi connectivity index (χ2v) is 11.0. The predicted octanol–water partition coefficient (Wildman–Crippen LogP) is 5.01. The van der Waals surface area contributed by atoms with Gasteiger partial charge in [-0.3, -0.25) is 9.78 Å². The predicted molar refractivity (Wildman–Crippen MR) is 138 cm³/mol. The highest BCUT2D eigenvalue weighted by molar-refractivity contribution is 7.89. The first-order valence-corrected chi connectivity index (χ1v) is 13.1. The first-order chi connectivity index (χ1) is 16.8. The largest absolute Gasteiger partial charge is 0.336 e. The normalized spacial score (nSPS) is 14.9. The van der Waals surface area contributed by atoms with E-state index in [0.29, 0.717) is 23.7 Å². The SMILES string of the molecule is Cc1ccnc(-c2ccc(C(=O)N3CCN(S(=O)(=O)c4ccc5cc(Cl)ccc5c4)CC3)cc2)c1. The van der Waals surface area contributed by atoms with E-state index in [1.165, 1.54) is 4.31 Å². The summed E-state index contributed by atoms with van der Waals surface area (Å²) in [7, 11) is -3.66. The van der Waals surface area contributed by atoms with Gasteiger partial charge in [-0.1, -0.05) is 35.9 Å². The van der Waals surface area contributed by atoms with Gasteiger partial charge in [-0.05, 0) is 71.8 Å². The Morgan fingerprint density at radius 3 is 2.26 bits per heavy atom. The molecule has 1 fully saturated rings. The van der Waals surface area contributed by atoms with Gasteiger partial charge in [0.25, 0.3) is 5.91 Å². The fraction of sp³-hybridized carbons (Fsp3) is 0.185. The average molecular weight is 506 g/mol. The van der Waals surface area contributed by atoms with Gasteiger partial charge in [-0.15, -0.1) is 0 Å². The molecule has 3 aromatic carbocycles. The average Bonchev–Trinajstić information content (AvgIpc) is 2.88. The van der Waals surface area contributed by atoms with Crippen LogP contribution in [0.25, 0.3) is 22.0 Å². The molecule has 178 valence electrons. The Kier molecular flexibility index (Phi) is 6.32. The van der Waals surface area contributed by atoms with E-state index in [4.69, 9.17) is 11.6 Å². The van der Waals surface area contributed by atoms with E-state index in [1.54, 1.807) is 47.5 Å². The summed E-state index contributed by atoms with van der Waals surface area (Å²) >= 11 is 6.03. The van der Waals surface area contributed by atoms with Crippen LogP contribution in [-0.2, 0) is 10.0 Å². The van der Waals surface area contributed by atoms with Crippen LogP contribution in [0.1, 0.15) is 15.9 Å². The van der Waals surface area contributed by atoms with E-state index in [-0.39, 0.29) is 23.9 Å². The van der Waals surface area contributed by atoms with Gasteiger partial charge >= 0.3 is 0 Å². The summed E-state index contributed by atoms with van der Waals surface area (Å²) in [5.41, 5.74) is 3.50. The van der Waals surface area contributed by atoms with Crippen LogP contribution < -0.4 is 0 Å². The van der Waals surface area contributed by atoms with Crippen molar-refractivity contribution in [3.05, 3.63) is 95.1 Å². The molecule has 0 atom stereocenters. The van der Waals surface area contributed by atoms with Crippen LogP contribution in [0.5, 0.6) is 0 Å². The molecule has 8 heteroatoms. The Hall–Kier alpha value is -3.26. The Balaban J connectivity index is 1.26. The first-order valence-electron chi connectivity index (χ1n) is 11.3. The molecule has 0 saturated carbocycles. The van der Waals surface area contributed by atoms with Crippen molar-refractivity contribution in [2.24, 2.45) is 0 Å². The number of halogens is 1. The summed E-state index contributed by atoms with van der Waals surface area (Å²) in [6, 6.07) is 21.7. The zero-order chi connectivity index (χ0) is 24.6. The number of rotatable bonds is 4. The van der Waals surface area contributed by atoms with Crippen LogP contribution in [0.4, 0.5) is 0 Å². The van der Waals surface area contributed by atoms with Crippen molar-refractivity contribution in [2.75, 3.05) is 26.2 Å². The number of carbonyl (C=O) groups excluding carboxylic acids is 1. The van der Waals surface area contributed by atoms with Gasteiger partial charge in [-0.25, -0.2) is 8.42 Å². The molecule has 0 N–H and O–H groups in total. The third kappa shape index (κ3) is 4.80. The molecule has 0 bridgehead atoms. The highest BCUT2D eigenvalue weighted by atomic mass is 35.5. The lowest BCUT2D eigenvalue weighted by atomic mass is 10.1. The van der Waals surface area contributed by atoms with Crippen molar-refractivity contribution in [3.63, 3.8) is 0 Å². The van der Waals surface area contributed by atoms with Crippen LogP contribution in [0, 0.1) is 6.92 Å². The molecule has 4 aromatic rings. The van der Waals surface area contributed by atoms with Gasteiger partial charge in [0.15, 0.2) is 0 Å². The zero-order valence-electron chi connectivity index (χ0n) is 19.2. The van der Waals surface area contributed by atoms with Crippen LogP contribution >= 0.6 is 11.6 Å². The van der Waals surface area contributed by atoms with Crippen molar-refractivity contribution in [2.45, 2.75) is 11.8 Å². The molecule has 1 aromatic heterocycles. The summed E-state index contributed by atoms with van der Waals surface area (Å²) < 4.78 is 27.9. The fourth-order valence-electron chi connectivity index (χ4n) is 4.30. The Morgan fingerprint density at radius 1 is 0.857 bits per heavy atom. The summed E-state index contributed by atoms with van der Waals surface area (Å²) in [5, 5.41) is 2.31. The molecule has 1 aliphatic heterocycles. The smallest absolute Gasteiger partial charge is 0.253 e. The standard InChI is InChI=1S/C27H24ClN3O3S/c1-19-10-11-29-26(16-19)20-2-4-21(5-3-20)27(32)30-12-14-31(15-13-30)35(33,34)25-9-7-22-17-24(28)8-6-23(22)18-25/h2-11,16-18H,12-15H2,1H3. The van der Waals surface area contributed by atoms with Crippen molar-refractivity contribution >= 4 is 38.3 Å². The summed E-state index contributed by atoms with van der Waals surface area (Å²) in [5.74, 6) is -0.103. The number of hydrogen-bond donors (Lipinski definition) is 0. The Labute approximate surface area is 209 Å². The quantitative estimate of drug-likeness (QED) is 0.391. The number of fused-ring (bicyclic) bond motifs is 1. The number of aromatic nitrogens is 1. The lowest BCUT2D eigenvalue weighted by molar-refractivity contribution is 0.0698.